The standard InChI is InChI=1S/C22H23N5O2S/c1-13(20(28)23-15-8-9-16-18(11-15)26-22(29)25-16)27-10-4-5-14(12-27)21-24-17-6-2-3-7-19(17)30-21/h2-3,6-9,11,13-14H,4-5,10,12H2,1H3,(H,23,28)(H2,25,26,29)/t13-,14+/m0/s1. The van der Waals surface area contributed by atoms with Gasteiger partial charge in [0.25, 0.3) is 0 Å². The van der Waals surface area contributed by atoms with Crippen molar-refractivity contribution in [3.63, 3.8) is 0 Å². The molecule has 0 bridgehead atoms. The fourth-order valence-corrected chi connectivity index (χ4v) is 5.24. The first-order valence-corrected chi connectivity index (χ1v) is 11.0. The number of nitrogens with zero attached hydrogens (tertiary/aromatic N) is 2. The number of fused-ring (bicyclic) bond motifs is 2. The summed E-state index contributed by atoms with van der Waals surface area (Å²) in [4.78, 5) is 36.8. The lowest BCUT2D eigenvalue weighted by Gasteiger charge is -2.35. The third kappa shape index (κ3) is 3.64. The Morgan fingerprint density at radius 2 is 2.07 bits per heavy atom. The molecule has 0 saturated carbocycles. The Hall–Kier alpha value is -2.97. The van der Waals surface area contributed by atoms with Crippen LogP contribution in [-0.4, -0.2) is 44.9 Å². The van der Waals surface area contributed by atoms with Gasteiger partial charge in [-0.25, -0.2) is 9.78 Å². The SMILES string of the molecule is C[C@@H](C(=O)Nc1ccc2[nH]c(=O)[nH]c2c1)N1CCC[C@@H](c2nc3ccccc3s2)C1. The number of H-pyrrole nitrogens is 2. The van der Waals surface area contributed by atoms with Crippen LogP contribution in [0.1, 0.15) is 30.7 Å². The number of aromatic amines is 2. The van der Waals surface area contributed by atoms with Gasteiger partial charge in [-0.05, 0) is 56.6 Å². The molecule has 1 saturated heterocycles. The number of anilines is 1. The molecule has 1 aliphatic heterocycles. The van der Waals surface area contributed by atoms with Crippen molar-refractivity contribution in [2.75, 3.05) is 18.4 Å². The number of amides is 1. The molecule has 0 spiro atoms. The highest BCUT2D eigenvalue weighted by molar-refractivity contribution is 7.18. The van der Waals surface area contributed by atoms with E-state index < -0.39 is 0 Å². The highest BCUT2D eigenvalue weighted by Gasteiger charge is 2.29. The zero-order valence-corrected chi connectivity index (χ0v) is 17.5. The molecule has 0 aliphatic carbocycles. The maximum absolute atomic E-state index is 12.9. The third-order valence-corrected chi connectivity index (χ3v) is 7.02. The van der Waals surface area contributed by atoms with Crippen LogP contribution < -0.4 is 11.0 Å². The summed E-state index contributed by atoms with van der Waals surface area (Å²) in [5.74, 6) is 0.310. The number of likely N-dealkylation sites (tertiary alicyclic amines) is 1. The Morgan fingerprint density at radius 1 is 1.23 bits per heavy atom. The van der Waals surface area contributed by atoms with Crippen LogP contribution in [0.25, 0.3) is 21.3 Å². The summed E-state index contributed by atoms with van der Waals surface area (Å²) < 4.78 is 1.22. The van der Waals surface area contributed by atoms with Crippen LogP contribution in [-0.2, 0) is 4.79 Å². The van der Waals surface area contributed by atoms with E-state index in [1.165, 1.54) is 4.70 Å². The number of thiazole rings is 1. The summed E-state index contributed by atoms with van der Waals surface area (Å²) in [5, 5.41) is 4.15. The van der Waals surface area contributed by atoms with Gasteiger partial charge in [-0.15, -0.1) is 11.3 Å². The van der Waals surface area contributed by atoms with Crippen molar-refractivity contribution < 1.29 is 4.79 Å². The van der Waals surface area contributed by atoms with Gasteiger partial charge in [0.1, 0.15) is 0 Å². The van der Waals surface area contributed by atoms with Gasteiger partial charge in [0.05, 0.1) is 32.3 Å². The largest absolute Gasteiger partial charge is 0.325 e. The second-order valence-corrected chi connectivity index (χ2v) is 8.92. The highest BCUT2D eigenvalue weighted by Crippen LogP contribution is 2.33. The lowest BCUT2D eigenvalue weighted by Crippen LogP contribution is -2.46. The Labute approximate surface area is 177 Å². The molecule has 8 heteroatoms. The highest BCUT2D eigenvalue weighted by atomic mass is 32.1. The second-order valence-electron chi connectivity index (χ2n) is 7.86. The number of aromatic nitrogens is 3. The first-order valence-electron chi connectivity index (χ1n) is 10.2. The molecule has 0 unspecified atom stereocenters. The molecule has 154 valence electrons. The zero-order chi connectivity index (χ0) is 20.7. The fraction of sp³-hybridized carbons (Fsp3) is 0.318. The molecule has 1 fully saturated rings. The van der Waals surface area contributed by atoms with Crippen LogP contribution >= 0.6 is 11.3 Å². The van der Waals surface area contributed by atoms with Crippen molar-refractivity contribution >= 4 is 44.2 Å². The molecule has 5 rings (SSSR count). The predicted octanol–water partition coefficient (Wildman–Crippen LogP) is 3.67. The average Bonchev–Trinajstić information content (AvgIpc) is 3.35. The average molecular weight is 422 g/mol. The summed E-state index contributed by atoms with van der Waals surface area (Å²) in [6.45, 7) is 3.69. The molecule has 7 nitrogen and oxygen atoms in total. The van der Waals surface area contributed by atoms with Gasteiger partial charge in [-0.2, -0.15) is 0 Å². The van der Waals surface area contributed by atoms with E-state index in [0.717, 1.165) is 42.0 Å². The Morgan fingerprint density at radius 3 is 2.93 bits per heavy atom. The number of hydrogen-bond acceptors (Lipinski definition) is 5. The van der Waals surface area contributed by atoms with Crippen LogP contribution in [0.3, 0.4) is 0 Å². The molecule has 2 aromatic heterocycles. The zero-order valence-electron chi connectivity index (χ0n) is 16.6. The Bertz CT molecular complexity index is 1240. The molecular formula is C22H23N5O2S. The van der Waals surface area contributed by atoms with E-state index in [0.29, 0.717) is 17.1 Å². The molecule has 2 aromatic carbocycles. The lowest BCUT2D eigenvalue weighted by atomic mass is 9.97. The third-order valence-electron chi connectivity index (χ3n) is 5.82. The van der Waals surface area contributed by atoms with Crippen LogP contribution in [0.5, 0.6) is 0 Å². The van der Waals surface area contributed by atoms with Gasteiger partial charge in [0.15, 0.2) is 0 Å². The number of carbonyl (C=O) groups is 1. The molecule has 4 aromatic rings. The van der Waals surface area contributed by atoms with Gasteiger partial charge in [-0.1, -0.05) is 12.1 Å². The first-order chi connectivity index (χ1) is 14.6. The van der Waals surface area contributed by atoms with E-state index in [1.807, 2.05) is 19.1 Å². The minimum atomic E-state index is -0.254. The van der Waals surface area contributed by atoms with E-state index >= 15 is 0 Å². The number of carbonyl (C=O) groups excluding carboxylic acids is 1. The number of benzene rings is 2. The minimum Gasteiger partial charge on any atom is -0.325 e. The minimum absolute atomic E-state index is 0.0443. The molecule has 1 aliphatic rings. The number of nitrogens with one attached hydrogen (secondary N) is 3. The lowest BCUT2D eigenvalue weighted by molar-refractivity contribution is -0.121. The van der Waals surface area contributed by atoms with Gasteiger partial charge >= 0.3 is 5.69 Å². The van der Waals surface area contributed by atoms with Crippen molar-refractivity contribution in [2.24, 2.45) is 0 Å². The van der Waals surface area contributed by atoms with Gasteiger partial charge in [0, 0.05) is 18.2 Å². The molecular weight excluding hydrogens is 398 g/mol. The molecule has 30 heavy (non-hydrogen) atoms. The normalized spacial score (nSPS) is 18.6. The summed E-state index contributed by atoms with van der Waals surface area (Å²) in [7, 11) is 0. The van der Waals surface area contributed by atoms with Crippen LogP contribution in [0.2, 0.25) is 0 Å². The van der Waals surface area contributed by atoms with E-state index in [4.69, 9.17) is 4.98 Å². The first kappa shape index (κ1) is 19.0. The van der Waals surface area contributed by atoms with Crippen LogP contribution in [0.15, 0.2) is 47.3 Å². The van der Waals surface area contributed by atoms with Crippen molar-refractivity contribution in [1.29, 1.82) is 0 Å². The fourth-order valence-electron chi connectivity index (χ4n) is 4.15. The van der Waals surface area contributed by atoms with Crippen LogP contribution in [0.4, 0.5) is 5.69 Å². The van der Waals surface area contributed by atoms with Crippen molar-refractivity contribution in [3.05, 3.63) is 58.0 Å². The summed E-state index contributed by atoms with van der Waals surface area (Å²) >= 11 is 1.76. The number of hydrogen-bond donors (Lipinski definition) is 3. The second kappa shape index (κ2) is 7.70. The molecule has 0 radical (unpaired) electrons. The smallest absolute Gasteiger partial charge is 0.323 e. The van der Waals surface area contributed by atoms with E-state index in [9.17, 15) is 9.59 Å². The molecule has 3 heterocycles. The van der Waals surface area contributed by atoms with E-state index in [2.05, 4.69) is 32.3 Å². The summed E-state index contributed by atoms with van der Waals surface area (Å²) in [6.07, 6.45) is 2.15. The van der Waals surface area contributed by atoms with Crippen LogP contribution in [0, 0.1) is 0 Å². The van der Waals surface area contributed by atoms with E-state index in [-0.39, 0.29) is 17.6 Å². The van der Waals surface area contributed by atoms with Gasteiger partial charge in [-0.3, -0.25) is 9.69 Å². The number of piperidine rings is 1. The van der Waals surface area contributed by atoms with E-state index in [1.54, 1.807) is 29.5 Å². The Balaban J connectivity index is 1.28. The van der Waals surface area contributed by atoms with Gasteiger partial charge < -0.3 is 15.3 Å². The predicted molar refractivity (Wildman–Crippen MR) is 120 cm³/mol. The maximum atomic E-state index is 12.9. The van der Waals surface area contributed by atoms with Crippen molar-refractivity contribution in [1.82, 2.24) is 19.9 Å². The van der Waals surface area contributed by atoms with Crippen molar-refractivity contribution in [3.8, 4) is 0 Å². The summed E-state index contributed by atoms with van der Waals surface area (Å²) in [6, 6.07) is 13.4. The number of imidazole rings is 1. The Kier molecular flexibility index (Phi) is 4.88. The van der Waals surface area contributed by atoms with Gasteiger partial charge in [0.2, 0.25) is 5.91 Å². The molecule has 1 amide bonds. The maximum Gasteiger partial charge on any atom is 0.323 e. The monoisotopic (exact) mass is 421 g/mol. The molecule has 3 N–H and O–H groups in total. The summed E-state index contributed by atoms with van der Waals surface area (Å²) in [5.41, 5.74) is 2.88. The topological polar surface area (TPSA) is 93.9 Å². The quantitative estimate of drug-likeness (QED) is 0.469. The number of rotatable bonds is 4. The number of para-hydroxylation sites is 1. The van der Waals surface area contributed by atoms with Crippen molar-refractivity contribution in [2.45, 2.75) is 31.7 Å². The molecule has 2 atom stereocenters.